The van der Waals surface area contributed by atoms with E-state index in [0.717, 1.165) is 16.9 Å². The Bertz CT molecular complexity index is 495. The molecule has 0 unspecified atom stereocenters. The zero-order chi connectivity index (χ0) is 13.8. The molecule has 0 bridgehead atoms. The molecule has 18 heavy (non-hydrogen) atoms. The van der Waals surface area contributed by atoms with E-state index in [4.69, 9.17) is 10.5 Å². The van der Waals surface area contributed by atoms with E-state index in [1.165, 1.54) is 6.26 Å². The van der Waals surface area contributed by atoms with Crippen molar-refractivity contribution in [2.24, 2.45) is 5.73 Å². The fourth-order valence-electron chi connectivity index (χ4n) is 1.66. The number of benzene rings is 1. The molecule has 1 aromatic carbocycles. The van der Waals surface area contributed by atoms with Crippen LogP contribution in [0.2, 0.25) is 0 Å². The third-order valence-corrected chi connectivity index (χ3v) is 3.60. The second-order valence-electron chi connectivity index (χ2n) is 4.66. The summed E-state index contributed by atoms with van der Waals surface area (Å²) >= 11 is 0. The predicted octanol–water partition coefficient (Wildman–Crippen LogP) is 1.83. The van der Waals surface area contributed by atoms with Crippen molar-refractivity contribution >= 4 is 9.84 Å². The van der Waals surface area contributed by atoms with Crippen LogP contribution >= 0.6 is 0 Å². The van der Waals surface area contributed by atoms with Crippen molar-refractivity contribution in [1.82, 2.24) is 0 Å². The van der Waals surface area contributed by atoms with Gasteiger partial charge in [0, 0.05) is 17.9 Å². The topological polar surface area (TPSA) is 69.4 Å². The number of sulfone groups is 1. The van der Waals surface area contributed by atoms with E-state index >= 15 is 0 Å². The van der Waals surface area contributed by atoms with Gasteiger partial charge in [-0.2, -0.15) is 0 Å². The monoisotopic (exact) mass is 271 g/mol. The van der Waals surface area contributed by atoms with Gasteiger partial charge in [-0.15, -0.1) is 0 Å². The Morgan fingerprint density at radius 3 is 2.61 bits per heavy atom. The van der Waals surface area contributed by atoms with Gasteiger partial charge >= 0.3 is 0 Å². The van der Waals surface area contributed by atoms with Crippen LogP contribution in [-0.4, -0.2) is 27.0 Å². The molecule has 0 aromatic heterocycles. The first-order valence-electron chi connectivity index (χ1n) is 5.96. The summed E-state index contributed by atoms with van der Waals surface area (Å²) in [6.07, 6.45) is 1.72. The van der Waals surface area contributed by atoms with Crippen LogP contribution in [0.1, 0.15) is 30.5 Å². The Hall–Kier alpha value is -1.07. The third-order valence-electron chi connectivity index (χ3n) is 2.57. The minimum atomic E-state index is -2.92. The molecule has 5 heteroatoms. The van der Waals surface area contributed by atoms with E-state index < -0.39 is 9.84 Å². The fraction of sp³-hybridized carbons (Fsp3) is 0.538. The number of nitrogens with two attached hydrogens (primary N) is 1. The number of rotatable bonds is 6. The minimum Gasteiger partial charge on any atom is -0.493 e. The van der Waals surface area contributed by atoms with Crippen LogP contribution in [0.3, 0.4) is 0 Å². The van der Waals surface area contributed by atoms with Crippen LogP contribution < -0.4 is 10.5 Å². The normalized spacial score (nSPS) is 13.3. The van der Waals surface area contributed by atoms with Crippen molar-refractivity contribution in [2.75, 3.05) is 18.6 Å². The van der Waals surface area contributed by atoms with Crippen molar-refractivity contribution in [3.63, 3.8) is 0 Å². The Morgan fingerprint density at radius 2 is 2.06 bits per heavy atom. The van der Waals surface area contributed by atoms with Crippen LogP contribution in [0.5, 0.6) is 5.75 Å². The quantitative estimate of drug-likeness (QED) is 0.801. The highest BCUT2D eigenvalue weighted by molar-refractivity contribution is 7.90. The molecule has 0 aliphatic rings. The van der Waals surface area contributed by atoms with Gasteiger partial charge in [0.25, 0.3) is 0 Å². The van der Waals surface area contributed by atoms with Crippen LogP contribution in [0.4, 0.5) is 0 Å². The maximum absolute atomic E-state index is 11.0. The molecule has 1 rings (SSSR count). The van der Waals surface area contributed by atoms with E-state index in [2.05, 4.69) is 0 Å². The molecule has 0 saturated carbocycles. The average Bonchev–Trinajstić information content (AvgIpc) is 2.24. The molecule has 0 radical (unpaired) electrons. The van der Waals surface area contributed by atoms with Gasteiger partial charge in [0.15, 0.2) is 0 Å². The second-order valence-corrected chi connectivity index (χ2v) is 6.92. The van der Waals surface area contributed by atoms with Gasteiger partial charge in [-0.3, -0.25) is 0 Å². The van der Waals surface area contributed by atoms with Crippen molar-refractivity contribution < 1.29 is 13.2 Å². The largest absolute Gasteiger partial charge is 0.493 e. The standard InChI is InChI=1S/C13H21NO3S/c1-10-5-6-13(12(9-10)11(2)14)17-7-4-8-18(3,15)16/h5-6,9,11H,4,7-8,14H2,1-3H3/t11-/m0/s1. The lowest BCUT2D eigenvalue weighted by Gasteiger charge is -2.14. The predicted molar refractivity (Wildman–Crippen MR) is 73.6 cm³/mol. The molecule has 0 aliphatic heterocycles. The van der Waals surface area contributed by atoms with E-state index in [9.17, 15) is 8.42 Å². The van der Waals surface area contributed by atoms with Crippen molar-refractivity contribution in [3.8, 4) is 5.75 Å². The Labute approximate surface area is 109 Å². The molecule has 0 amide bonds. The Kier molecular flexibility index (Phi) is 5.16. The van der Waals surface area contributed by atoms with Crippen LogP contribution in [0.25, 0.3) is 0 Å². The zero-order valence-corrected chi connectivity index (χ0v) is 12.0. The van der Waals surface area contributed by atoms with Gasteiger partial charge in [-0.25, -0.2) is 8.42 Å². The summed E-state index contributed by atoms with van der Waals surface area (Å²) < 4.78 is 27.6. The molecule has 0 fully saturated rings. The lowest BCUT2D eigenvalue weighted by atomic mass is 10.1. The first kappa shape index (κ1) is 15.0. The third kappa shape index (κ3) is 5.06. The van der Waals surface area contributed by atoms with E-state index in [0.29, 0.717) is 13.0 Å². The van der Waals surface area contributed by atoms with Crippen LogP contribution in [0, 0.1) is 6.92 Å². The number of aryl methyl sites for hydroxylation is 1. The molecule has 1 aromatic rings. The summed E-state index contributed by atoms with van der Waals surface area (Å²) in [6.45, 7) is 4.29. The van der Waals surface area contributed by atoms with Gasteiger partial charge in [0.2, 0.25) is 0 Å². The molecule has 1 atom stereocenters. The summed E-state index contributed by atoms with van der Waals surface area (Å²) in [4.78, 5) is 0. The van der Waals surface area contributed by atoms with Crippen LogP contribution in [-0.2, 0) is 9.84 Å². The molecule has 4 nitrogen and oxygen atoms in total. The molecule has 0 spiro atoms. The molecule has 0 heterocycles. The number of hydrogen-bond donors (Lipinski definition) is 1. The molecule has 102 valence electrons. The molecule has 0 aliphatic carbocycles. The molecule has 0 saturated heterocycles. The number of hydrogen-bond acceptors (Lipinski definition) is 4. The zero-order valence-electron chi connectivity index (χ0n) is 11.1. The first-order chi connectivity index (χ1) is 8.29. The summed E-state index contributed by atoms with van der Waals surface area (Å²) in [5.74, 6) is 0.885. The van der Waals surface area contributed by atoms with E-state index in [1.807, 2.05) is 32.0 Å². The SMILES string of the molecule is Cc1ccc(OCCCS(C)(=O)=O)c([C@H](C)N)c1. The number of ether oxygens (including phenoxy) is 1. The second kappa shape index (κ2) is 6.20. The highest BCUT2D eigenvalue weighted by atomic mass is 32.2. The highest BCUT2D eigenvalue weighted by Gasteiger charge is 2.09. The van der Waals surface area contributed by atoms with Gasteiger partial charge in [-0.05, 0) is 26.3 Å². The van der Waals surface area contributed by atoms with E-state index in [-0.39, 0.29) is 11.8 Å². The maximum Gasteiger partial charge on any atom is 0.147 e. The van der Waals surface area contributed by atoms with Gasteiger partial charge in [0.1, 0.15) is 15.6 Å². The average molecular weight is 271 g/mol. The minimum absolute atomic E-state index is 0.102. The maximum atomic E-state index is 11.0. The Balaban J connectivity index is 2.62. The van der Waals surface area contributed by atoms with Gasteiger partial charge in [-0.1, -0.05) is 17.7 Å². The van der Waals surface area contributed by atoms with Crippen molar-refractivity contribution in [2.45, 2.75) is 26.3 Å². The smallest absolute Gasteiger partial charge is 0.147 e. The Morgan fingerprint density at radius 1 is 1.39 bits per heavy atom. The van der Waals surface area contributed by atoms with E-state index in [1.54, 1.807) is 0 Å². The summed E-state index contributed by atoms with van der Waals surface area (Å²) in [5, 5.41) is 0. The van der Waals surface area contributed by atoms with Crippen LogP contribution in [0.15, 0.2) is 18.2 Å². The van der Waals surface area contributed by atoms with Gasteiger partial charge in [0.05, 0.1) is 12.4 Å². The fourth-order valence-corrected chi connectivity index (χ4v) is 2.30. The van der Waals surface area contributed by atoms with Crippen molar-refractivity contribution in [1.29, 1.82) is 0 Å². The molecule has 2 N–H and O–H groups in total. The summed E-state index contributed by atoms with van der Waals surface area (Å²) in [6, 6.07) is 5.73. The lowest BCUT2D eigenvalue weighted by molar-refractivity contribution is 0.313. The van der Waals surface area contributed by atoms with Gasteiger partial charge < -0.3 is 10.5 Å². The van der Waals surface area contributed by atoms with Crippen molar-refractivity contribution in [3.05, 3.63) is 29.3 Å². The molecular weight excluding hydrogens is 250 g/mol. The lowest BCUT2D eigenvalue weighted by Crippen LogP contribution is -2.11. The highest BCUT2D eigenvalue weighted by Crippen LogP contribution is 2.25. The first-order valence-corrected chi connectivity index (χ1v) is 8.02. The summed E-state index contributed by atoms with van der Waals surface area (Å²) in [5.41, 5.74) is 7.96. The molecular formula is C13H21NO3S. The summed E-state index contributed by atoms with van der Waals surface area (Å²) in [7, 11) is -2.92.